The fraction of sp³-hybridized carbons (Fsp3) is 0.300. The van der Waals surface area contributed by atoms with Gasteiger partial charge in [0.15, 0.2) is 5.11 Å². The highest BCUT2D eigenvalue weighted by molar-refractivity contribution is 7.80. The predicted octanol–water partition coefficient (Wildman–Crippen LogP) is 4.61. The van der Waals surface area contributed by atoms with Crippen LogP contribution in [0.15, 0.2) is 42.5 Å². The molecule has 0 aliphatic carbocycles. The van der Waals surface area contributed by atoms with Crippen LogP contribution in [0, 0.1) is 13.8 Å². The molecule has 0 aliphatic rings. The van der Waals surface area contributed by atoms with Gasteiger partial charge in [-0.3, -0.25) is 10.1 Å². The summed E-state index contributed by atoms with van der Waals surface area (Å²) in [5.74, 6) is 0.409. The SMILES string of the molecule is CCC(C)Oc1cccc(C(=O)NC(=S)Nc2ccc(C)cc2C)c1. The second kappa shape index (κ2) is 8.62. The zero-order chi connectivity index (χ0) is 18.4. The summed E-state index contributed by atoms with van der Waals surface area (Å²) < 4.78 is 5.75. The van der Waals surface area contributed by atoms with Crippen molar-refractivity contribution in [2.75, 3.05) is 5.32 Å². The molecule has 25 heavy (non-hydrogen) atoms. The molecule has 0 aromatic heterocycles. The summed E-state index contributed by atoms with van der Waals surface area (Å²) in [6.45, 7) is 8.08. The zero-order valence-corrected chi connectivity index (χ0v) is 15.9. The van der Waals surface area contributed by atoms with E-state index in [1.807, 2.05) is 39.0 Å². The molecule has 2 aromatic rings. The van der Waals surface area contributed by atoms with Crippen LogP contribution >= 0.6 is 12.2 Å². The normalized spacial score (nSPS) is 11.5. The predicted molar refractivity (Wildman–Crippen MR) is 106 cm³/mol. The first-order valence-corrected chi connectivity index (χ1v) is 8.76. The van der Waals surface area contributed by atoms with Gasteiger partial charge >= 0.3 is 0 Å². The number of aryl methyl sites for hydroxylation is 2. The Morgan fingerprint density at radius 2 is 1.96 bits per heavy atom. The highest BCUT2D eigenvalue weighted by Gasteiger charge is 2.11. The molecule has 0 saturated carbocycles. The first-order valence-electron chi connectivity index (χ1n) is 8.35. The quantitative estimate of drug-likeness (QED) is 0.768. The number of rotatable bonds is 5. The molecule has 1 atom stereocenters. The number of ether oxygens (including phenoxy) is 1. The molecule has 2 rings (SSSR count). The summed E-state index contributed by atoms with van der Waals surface area (Å²) in [7, 11) is 0. The van der Waals surface area contributed by atoms with Crippen LogP contribution in [-0.2, 0) is 0 Å². The Morgan fingerprint density at radius 1 is 1.20 bits per heavy atom. The highest BCUT2D eigenvalue weighted by Crippen LogP contribution is 2.17. The summed E-state index contributed by atoms with van der Waals surface area (Å²) in [6.07, 6.45) is 1.01. The lowest BCUT2D eigenvalue weighted by atomic mass is 10.1. The van der Waals surface area contributed by atoms with Gasteiger partial charge in [-0.2, -0.15) is 0 Å². The molecule has 0 radical (unpaired) electrons. The van der Waals surface area contributed by atoms with Gasteiger partial charge in [-0.15, -0.1) is 0 Å². The highest BCUT2D eigenvalue weighted by atomic mass is 32.1. The summed E-state index contributed by atoms with van der Waals surface area (Å²) in [5, 5.41) is 6.04. The molecule has 0 aliphatic heterocycles. The van der Waals surface area contributed by atoms with E-state index in [1.54, 1.807) is 18.2 Å². The maximum atomic E-state index is 12.4. The summed E-state index contributed by atoms with van der Waals surface area (Å²) >= 11 is 5.25. The molecule has 1 unspecified atom stereocenters. The number of anilines is 1. The van der Waals surface area contributed by atoms with Crippen LogP contribution in [0.4, 0.5) is 5.69 Å². The average molecular weight is 356 g/mol. The average Bonchev–Trinajstić information content (AvgIpc) is 2.57. The van der Waals surface area contributed by atoms with Crippen molar-refractivity contribution in [3.8, 4) is 5.75 Å². The molecule has 0 fully saturated rings. The third kappa shape index (κ3) is 5.57. The number of amides is 1. The standard InChI is InChI=1S/C20H24N2O2S/c1-5-15(4)24-17-8-6-7-16(12-17)19(23)22-20(25)21-18-10-9-13(2)11-14(18)3/h6-12,15H,5H2,1-4H3,(H2,21,22,23,25). The molecule has 1 amide bonds. The van der Waals surface area contributed by atoms with E-state index in [4.69, 9.17) is 17.0 Å². The summed E-state index contributed by atoms with van der Waals surface area (Å²) in [6, 6.07) is 13.1. The van der Waals surface area contributed by atoms with Gasteiger partial charge in [0.1, 0.15) is 5.75 Å². The van der Waals surface area contributed by atoms with Crippen molar-refractivity contribution in [2.24, 2.45) is 0 Å². The van der Waals surface area contributed by atoms with Crippen molar-refractivity contribution in [3.05, 3.63) is 59.2 Å². The van der Waals surface area contributed by atoms with Crippen molar-refractivity contribution in [1.29, 1.82) is 0 Å². The summed E-state index contributed by atoms with van der Waals surface area (Å²) in [4.78, 5) is 12.4. The fourth-order valence-corrected chi connectivity index (χ4v) is 2.51. The van der Waals surface area contributed by atoms with Gasteiger partial charge in [-0.1, -0.05) is 30.7 Å². The first-order chi connectivity index (χ1) is 11.9. The number of hydrogen-bond acceptors (Lipinski definition) is 3. The largest absolute Gasteiger partial charge is 0.491 e. The molecule has 2 N–H and O–H groups in total. The lowest BCUT2D eigenvalue weighted by molar-refractivity contribution is 0.0977. The van der Waals surface area contributed by atoms with E-state index in [2.05, 4.69) is 23.6 Å². The summed E-state index contributed by atoms with van der Waals surface area (Å²) in [5.41, 5.74) is 3.63. The molecule has 5 heteroatoms. The minimum Gasteiger partial charge on any atom is -0.491 e. The zero-order valence-electron chi connectivity index (χ0n) is 15.1. The second-order valence-corrected chi connectivity index (χ2v) is 6.50. The molecule has 4 nitrogen and oxygen atoms in total. The maximum Gasteiger partial charge on any atom is 0.257 e. The molecule has 0 heterocycles. The van der Waals surface area contributed by atoms with E-state index in [0.29, 0.717) is 11.3 Å². The van der Waals surface area contributed by atoms with Crippen LogP contribution in [0.25, 0.3) is 0 Å². The van der Waals surface area contributed by atoms with Gasteiger partial charge in [0.05, 0.1) is 6.10 Å². The van der Waals surface area contributed by atoms with E-state index in [9.17, 15) is 4.79 Å². The van der Waals surface area contributed by atoms with Crippen LogP contribution in [0.3, 0.4) is 0 Å². The van der Waals surface area contributed by atoms with Crippen molar-refractivity contribution in [1.82, 2.24) is 5.32 Å². The monoisotopic (exact) mass is 356 g/mol. The van der Waals surface area contributed by atoms with Crippen LogP contribution < -0.4 is 15.4 Å². The van der Waals surface area contributed by atoms with E-state index >= 15 is 0 Å². The number of benzene rings is 2. The number of nitrogens with one attached hydrogen (secondary N) is 2. The van der Waals surface area contributed by atoms with Crippen LogP contribution in [0.5, 0.6) is 5.75 Å². The third-order valence-corrected chi connectivity index (χ3v) is 4.07. The molecule has 2 aromatic carbocycles. The van der Waals surface area contributed by atoms with Gasteiger partial charge < -0.3 is 10.1 Å². The van der Waals surface area contributed by atoms with Gasteiger partial charge in [0.2, 0.25) is 0 Å². The van der Waals surface area contributed by atoms with Gasteiger partial charge in [0, 0.05) is 11.3 Å². The Balaban J connectivity index is 2.01. The Bertz CT molecular complexity index is 774. The van der Waals surface area contributed by atoms with Crippen molar-refractivity contribution in [3.63, 3.8) is 0 Å². The number of thiocarbonyl (C=S) groups is 1. The molecule has 0 bridgehead atoms. The lowest BCUT2D eigenvalue weighted by Gasteiger charge is -2.14. The Morgan fingerprint density at radius 3 is 2.64 bits per heavy atom. The number of hydrogen-bond donors (Lipinski definition) is 2. The van der Waals surface area contributed by atoms with E-state index < -0.39 is 0 Å². The minimum atomic E-state index is -0.267. The lowest BCUT2D eigenvalue weighted by Crippen LogP contribution is -2.34. The van der Waals surface area contributed by atoms with Gasteiger partial charge in [-0.05, 0) is 69.2 Å². The molecular weight excluding hydrogens is 332 g/mol. The Labute approximate surface area is 154 Å². The van der Waals surface area contributed by atoms with E-state index in [0.717, 1.165) is 17.7 Å². The fourth-order valence-electron chi connectivity index (χ4n) is 2.31. The smallest absolute Gasteiger partial charge is 0.257 e. The van der Waals surface area contributed by atoms with Crippen LogP contribution in [-0.4, -0.2) is 17.1 Å². The topological polar surface area (TPSA) is 50.4 Å². The van der Waals surface area contributed by atoms with Crippen LogP contribution in [0.2, 0.25) is 0 Å². The first kappa shape index (κ1) is 18.9. The van der Waals surface area contributed by atoms with E-state index in [-0.39, 0.29) is 17.1 Å². The van der Waals surface area contributed by atoms with Crippen molar-refractivity contribution < 1.29 is 9.53 Å². The van der Waals surface area contributed by atoms with Crippen molar-refractivity contribution in [2.45, 2.75) is 40.2 Å². The van der Waals surface area contributed by atoms with Gasteiger partial charge in [0.25, 0.3) is 5.91 Å². The van der Waals surface area contributed by atoms with Crippen molar-refractivity contribution >= 4 is 28.9 Å². The van der Waals surface area contributed by atoms with Gasteiger partial charge in [-0.25, -0.2) is 0 Å². The third-order valence-electron chi connectivity index (χ3n) is 3.87. The second-order valence-electron chi connectivity index (χ2n) is 6.09. The maximum absolute atomic E-state index is 12.4. The van der Waals surface area contributed by atoms with Crippen LogP contribution in [0.1, 0.15) is 41.8 Å². The molecular formula is C20H24N2O2S. The number of carbonyl (C=O) groups excluding carboxylic acids is 1. The Kier molecular flexibility index (Phi) is 6.53. The number of carbonyl (C=O) groups is 1. The molecule has 132 valence electrons. The van der Waals surface area contributed by atoms with E-state index in [1.165, 1.54) is 5.56 Å². The molecule has 0 spiro atoms. The minimum absolute atomic E-state index is 0.102. The molecule has 0 saturated heterocycles. The Hall–Kier alpha value is -2.40.